The summed E-state index contributed by atoms with van der Waals surface area (Å²) < 4.78 is 7.75. The second-order valence-corrected chi connectivity index (χ2v) is 5.00. The van der Waals surface area contributed by atoms with E-state index >= 15 is 0 Å². The van der Waals surface area contributed by atoms with E-state index in [1.165, 1.54) is 6.33 Å². The molecule has 4 N–H and O–H groups in total. The van der Waals surface area contributed by atoms with Crippen molar-refractivity contribution in [2.45, 2.75) is 24.5 Å². The van der Waals surface area contributed by atoms with Gasteiger partial charge in [0.2, 0.25) is 0 Å². The lowest BCUT2D eigenvalue weighted by molar-refractivity contribution is -0.0489. The average Bonchev–Trinajstić information content (AvgIpc) is 3.00. The molecule has 2 aromatic heterocycles. The zero-order chi connectivity index (χ0) is 14.3. The number of imidazole rings is 1. The fraction of sp³-hybridized carbons (Fsp3) is 0.545. The molecule has 1 saturated heterocycles. The smallest absolute Gasteiger partial charge is 0.164 e. The highest BCUT2D eigenvalue weighted by molar-refractivity contribution is 7.71. The summed E-state index contributed by atoms with van der Waals surface area (Å²) in [6.45, 7) is -0.177. The maximum Gasteiger partial charge on any atom is 0.164 e. The number of H-pyrrole nitrogens is 1. The molecule has 0 aliphatic carbocycles. The van der Waals surface area contributed by atoms with Crippen LogP contribution in [0.25, 0.3) is 11.2 Å². The molecule has 0 amide bonds. The topological polar surface area (TPSA) is 108 Å². The van der Waals surface area contributed by atoms with Crippen molar-refractivity contribution in [2.24, 2.45) is 0 Å². The monoisotopic (exact) mass is 297 g/mol. The molecular weight excluding hydrogens is 282 g/mol. The third-order valence-electron chi connectivity index (χ3n) is 3.54. The van der Waals surface area contributed by atoms with Gasteiger partial charge in [-0.2, -0.15) is 0 Å². The number of hydrogen-bond acceptors (Lipinski definition) is 7. The van der Waals surface area contributed by atoms with Gasteiger partial charge in [-0.1, -0.05) is 12.2 Å². The number of aromatic amines is 1. The van der Waals surface area contributed by atoms with Gasteiger partial charge in [-0.3, -0.25) is 4.57 Å². The zero-order valence-electron chi connectivity index (χ0n) is 10.7. The lowest BCUT2D eigenvalue weighted by Crippen LogP contribution is -2.43. The molecule has 9 heteroatoms. The Labute approximate surface area is 119 Å². The zero-order valence-corrected chi connectivity index (χ0v) is 11.5. The van der Waals surface area contributed by atoms with Crippen LogP contribution in [0.3, 0.4) is 0 Å². The number of aromatic nitrogens is 4. The van der Waals surface area contributed by atoms with Crippen molar-refractivity contribution in [2.75, 3.05) is 13.7 Å². The molecule has 0 bridgehead atoms. The Morgan fingerprint density at radius 2 is 2.35 bits per heavy atom. The van der Waals surface area contributed by atoms with Gasteiger partial charge in [0.05, 0.1) is 25.3 Å². The number of fused-ring (bicyclic) bond motifs is 1. The van der Waals surface area contributed by atoms with E-state index in [4.69, 9.17) is 17.0 Å². The Balaban J connectivity index is 2.04. The summed E-state index contributed by atoms with van der Waals surface area (Å²) in [6, 6.07) is -0.354. The number of rotatable bonds is 3. The van der Waals surface area contributed by atoms with Crippen LogP contribution in [0.4, 0.5) is 0 Å². The van der Waals surface area contributed by atoms with Gasteiger partial charge in [-0.25, -0.2) is 9.97 Å². The molecule has 1 fully saturated rings. The summed E-state index contributed by atoms with van der Waals surface area (Å²) in [5, 5.41) is 22.6. The SMILES string of the molecule is CN[C@@H]1[C@@H](O)[C@@H](n2cnc3c(=S)nc[nH]c32)O[C@H]1CO. The minimum Gasteiger partial charge on any atom is -0.394 e. The van der Waals surface area contributed by atoms with Crippen LogP contribution in [-0.2, 0) is 4.74 Å². The molecule has 1 aliphatic rings. The number of hydrogen-bond donors (Lipinski definition) is 4. The molecule has 1 aliphatic heterocycles. The minimum absolute atomic E-state index is 0.177. The van der Waals surface area contributed by atoms with Crippen molar-refractivity contribution in [3.8, 4) is 0 Å². The maximum absolute atomic E-state index is 10.3. The predicted octanol–water partition coefficient (Wildman–Crippen LogP) is -0.673. The van der Waals surface area contributed by atoms with Crippen LogP contribution in [0.1, 0.15) is 6.23 Å². The maximum atomic E-state index is 10.3. The van der Waals surface area contributed by atoms with E-state index < -0.39 is 18.4 Å². The van der Waals surface area contributed by atoms with Gasteiger partial charge in [0.25, 0.3) is 0 Å². The highest BCUT2D eigenvalue weighted by Gasteiger charge is 2.43. The first-order valence-electron chi connectivity index (χ1n) is 6.19. The van der Waals surface area contributed by atoms with Crippen LogP contribution >= 0.6 is 12.2 Å². The predicted molar refractivity (Wildman–Crippen MR) is 72.6 cm³/mol. The van der Waals surface area contributed by atoms with Gasteiger partial charge < -0.3 is 25.3 Å². The summed E-state index contributed by atoms with van der Waals surface area (Å²) in [6.07, 6.45) is 1.07. The molecule has 0 aromatic carbocycles. The number of nitrogens with one attached hydrogen (secondary N) is 2. The third-order valence-corrected chi connectivity index (χ3v) is 3.84. The quantitative estimate of drug-likeness (QED) is 0.556. The number of aliphatic hydroxyl groups is 2. The minimum atomic E-state index is -0.815. The molecule has 3 heterocycles. The molecule has 108 valence electrons. The van der Waals surface area contributed by atoms with Crippen LogP contribution in [0.2, 0.25) is 0 Å². The molecule has 2 aromatic rings. The Morgan fingerprint density at radius 3 is 3.00 bits per heavy atom. The first kappa shape index (κ1) is 13.6. The lowest BCUT2D eigenvalue weighted by atomic mass is 10.1. The van der Waals surface area contributed by atoms with Crippen molar-refractivity contribution in [1.82, 2.24) is 24.8 Å². The molecule has 0 unspecified atom stereocenters. The summed E-state index contributed by atoms with van der Waals surface area (Å²) in [5.41, 5.74) is 1.18. The molecular formula is C11H15N5O3S. The van der Waals surface area contributed by atoms with Gasteiger partial charge in [0, 0.05) is 0 Å². The highest BCUT2D eigenvalue weighted by Crippen LogP contribution is 2.30. The van der Waals surface area contributed by atoms with Gasteiger partial charge >= 0.3 is 0 Å². The van der Waals surface area contributed by atoms with Crippen LogP contribution in [-0.4, -0.2) is 61.6 Å². The van der Waals surface area contributed by atoms with E-state index in [2.05, 4.69) is 20.3 Å². The van der Waals surface area contributed by atoms with Crippen molar-refractivity contribution in [3.05, 3.63) is 17.3 Å². The molecule has 3 rings (SSSR count). The summed E-state index contributed by atoms with van der Waals surface area (Å²) in [4.78, 5) is 11.1. The molecule has 0 radical (unpaired) electrons. The van der Waals surface area contributed by atoms with E-state index in [0.717, 1.165) is 0 Å². The fourth-order valence-corrected chi connectivity index (χ4v) is 2.75. The van der Waals surface area contributed by atoms with E-state index in [1.54, 1.807) is 17.9 Å². The Hall–Kier alpha value is -1.39. The normalized spacial score (nSPS) is 30.1. The second-order valence-electron chi connectivity index (χ2n) is 4.61. The average molecular weight is 297 g/mol. The van der Waals surface area contributed by atoms with Crippen LogP contribution in [0.15, 0.2) is 12.7 Å². The van der Waals surface area contributed by atoms with Crippen molar-refractivity contribution in [3.63, 3.8) is 0 Å². The molecule has 4 atom stereocenters. The van der Waals surface area contributed by atoms with Crippen LogP contribution < -0.4 is 5.32 Å². The fourth-order valence-electron chi connectivity index (χ4n) is 2.55. The standard InChI is InChI=1S/C11H15N5O3S/c1-12-6-5(2-17)19-11(8(6)18)16-4-15-7-9(16)13-3-14-10(7)20/h3-6,8,11-12,17-18H,2H2,1H3,(H,13,14,20)/t5-,6-,8+,11-/m0/s1. The summed E-state index contributed by atoms with van der Waals surface area (Å²) >= 11 is 5.10. The van der Waals surface area contributed by atoms with Gasteiger partial charge in [-0.15, -0.1) is 0 Å². The third kappa shape index (κ3) is 1.95. The van der Waals surface area contributed by atoms with Crippen LogP contribution in [0, 0.1) is 4.64 Å². The number of nitrogens with zero attached hydrogens (tertiary/aromatic N) is 3. The van der Waals surface area contributed by atoms with E-state index in [0.29, 0.717) is 15.8 Å². The van der Waals surface area contributed by atoms with Gasteiger partial charge in [0.1, 0.15) is 23.4 Å². The molecule has 20 heavy (non-hydrogen) atoms. The molecule has 0 spiro atoms. The van der Waals surface area contributed by atoms with Crippen molar-refractivity contribution >= 4 is 23.4 Å². The summed E-state index contributed by atoms with van der Waals surface area (Å²) in [7, 11) is 1.71. The van der Waals surface area contributed by atoms with E-state index in [-0.39, 0.29) is 12.6 Å². The highest BCUT2D eigenvalue weighted by atomic mass is 32.1. The van der Waals surface area contributed by atoms with E-state index in [9.17, 15) is 10.2 Å². The Kier molecular flexibility index (Phi) is 3.52. The number of likely N-dealkylation sites (N-methyl/N-ethyl adjacent to an activating group) is 1. The van der Waals surface area contributed by atoms with Crippen molar-refractivity contribution < 1.29 is 14.9 Å². The van der Waals surface area contributed by atoms with Gasteiger partial charge in [0.15, 0.2) is 10.9 Å². The summed E-state index contributed by atoms with van der Waals surface area (Å²) in [5.74, 6) is 0. The van der Waals surface area contributed by atoms with E-state index in [1.807, 2.05) is 0 Å². The van der Waals surface area contributed by atoms with Crippen molar-refractivity contribution in [1.29, 1.82) is 0 Å². The second kappa shape index (κ2) is 5.19. The lowest BCUT2D eigenvalue weighted by Gasteiger charge is -2.18. The first-order chi connectivity index (χ1) is 9.67. The number of ether oxygens (including phenoxy) is 1. The van der Waals surface area contributed by atoms with Crippen LogP contribution in [0.5, 0.6) is 0 Å². The molecule has 0 saturated carbocycles. The van der Waals surface area contributed by atoms with Gasteiger partial charge in [-0.05, 0) is 7.05 Å². The first-order valence-corrected chi connectivity index (χ1v) is 6.60. The largest absolute Gasteiger partial charge is 0.394 e. The molecule has 8 nitrogen and oxygen atoms in total. The Morgan fingerprint density at radius 1 is 1.55 bits per heavy atom. The number of aliphatic hydroxyl groups excluding tert-OH is 2. The Bertz CT molecular complexity index is 671.